The van der Waals surface area contributed by atoms with Gasteiger partial charge in [-0.2, -0.15) is 0 Å². The molecule has 2 saturated heterocycles. The van der Waals surface area contributed by atoms with Gasteiger partial charge in [0.25, 0.3) is 5.91 Å². The van der Waals surface area contributed by atoms with E-state index in [1.165, 1.54) is 0 Å². The highest BCUT2D eigenvalue weighted by molar-refractivity contribution is 6.00. The zero-order valence-corrected chi connectivity index (χ0v) is 23.4. The lowest BCUT2D eigenvalue weighted by molar-refractivity contribution is -0.165. The lowest BCUT2D eigenvalue weighted by Crippen LogP contribution is -2.74. The van der Waals surface area contributed by atoms with Crippen molar-refractivity contribution in [3.63, 3.8) is 0 Å². The van der Waals surface area contributed by atoms with Crippen molar-refractivity contribution in [3.8, 4) is 11.5 Å². The Bertz CT molecular complexity index is 1200. The number of nitrogens with zero attached hydrogens (tertiary/aromatic N) is 2. The number of ether oxygens (including phenoxy) is 1. The number of unbranched alkanes of at least 4 members (excludes halogenated alkanes) is 1. The van der Waals surface area contributed by atoms with Crippen molar-refractivity contribution in [3.05, 3.63) is 59.7 Å². The number of piperidine rings is 1. The molecule has 0 bridgehead atoms. The summed E-state index contributed by atoms with van der Waals surface area (Å²) in [5, 5.41) is 16.2. The van der Waals surface area contributed by atoms with E-state index in [4.69, 9.17) is 4.74 Å². The van der Waals surface area contributed by atoms with Crippen LogP contribution in [0.5, 0.6) is 11.5 Å². The van der Waals surface area contributed by atoms with Gasteiger partial charge in [0.1, 0.15) is 23.1 Å². The number of likely N-dealkylation sites (tertiary alicyclic amines) is 1. The van der Waals surface area contributed by atoms with E-state index >= 15 is 0 Å². The van der Waals surface area contributed by atoms with Gasteiger partial charge in [-0.3, -0.25) is 19.3 Å². The highest BCUT2D eigenvalue weighted by atomic mass is 16.5. The molecule has 3 amide bonds. The smallest absolute Gasteiger partial charge is 0.251 e. The second-order valence-electron chi connectivity index (χ2n) is 11.3. The van der Waals surface area contributed by atoms with Crippen LogP contribution < -0.4 is 15.4 Å². The zero-order chi connectivity index (χ0) is 28.3. The lowest BCUT2D eigenvalue weighted by atomic mass is 9.80. The van der Waals surface area contributed by atoms with Gasteiger partial charge in [0.2, 0.25) is 11.8 Å². The third-order valence-electron chi connectivity index (χ3n) is 8.53. The van der Waals surface area contributed by atoms with Crippen LogP contribution in [0.3, 0.4) is 0 Å². The van der Waals surface area contributed by atoms with Gasteiger partial charge in [0.05, 0.1) is 6.10 Å². The molecule has 2 aliphatic heterocycles. The SMILES string of the molecule is CCCCN1C(=O)[C@@H]([C@H](O)C2CC2)NC(=O)C12CCN(Cc1ccc(Oc3ccc(C(=O)NC)cc3)cc1)CC2. The van der Waals surface area contributed by atoms with Crippen LogP contribution in [-0.2, 0) is 16.1 Å². The lowest BCUT2D eigenvalue weighted by Gasteiger charge is -2.52. The first-order valence-corrected chi connectivity index (χ1v) is 14.5. The first kappa shape index (κ1) is 28.1. The Kier molecular flexibility index (Phi) is 8.42. The number of carbonyl (C=O) groups is 3. The summed E-state index contributed by atoms with van der Waals surface area (Å²) in [7, 11) is 1.60. The summed E-state index contributed by atoms with van der Waals surface area (Å²) in [5.74, 6) is 1.10. The molecule has 40 heavy (non-hydrogen) atoms. The van der Waals surface area contributed by atoms with Gasteiger partial charge in [-0.25, -0.2) is 0 Å². The second kappa shape index (κ2) is 12.0. The van der Waals surface area contributed by atoms with Crippen molar-refractivity contribution >= 4 is 17.7 Å². The number of benzene rings is 2. The average Bonchev–Trinajstić information content (AvgIpc) is 3.83. The Morgan fingerprint density at radius 3 is 2.27 bits per heavy atom. The molecular formula is C31H40N4O5. The van der Waals surface area contributed by atoms with Gasteiger partial charge in [0, 0.05) is 38.8 Å². The third-order valence-corrected chi connectivity index (χ3v) is 8.53. The topological polar surface area (TPSA) is 111 Å². The van der Waals surface area contributed by atoms with Gasteiger partial charge in [-0.15, -0.1) is 0 Å². The van der Waals surface area contributed by atoms with E-state index in [1.807, 2.05) is 24.3 Å². The molecular weight excluding hydrogens is 508 g/mol. The number of piperazine rings is 1. The fourth-order valence-electron chi connectivity index (χ4n) is 5.87. The van der Waals surface area contributed by atoms with E-state index in [2.05, 4.69) is 22.5 Å². The maximum atomic E-state index is 13.5. The first-order valence-electron chi connectivity index (χ1n) is 14.5. The van der Waals surface area contributed by atoms with Crippen molar-refractivity contribution in [2.45, 2.75) is 69.7 Å². The highest BCUT2D eigenvalue weighted by Gasteiger charge is 2.55. The van der Waals surface area contributed by atoms with Crippen LogP contribution in [0.4, 0.5) is 0 Å². The molecule has 0 unspecified atom stereocenters. The van der Waals surface area contributed by atoms with Crippen LogP contribution in [0.25, 0.3) is 0 Å². The van der Waals surface area contributed by atoms with Crippen molar-refractivity contribution in [1.82, 2.24) is 20.4 Å². The number of carbonyl (C=O) groups excluding carboxylic acids is 3. The van der Waals surface area contributed by atoms with Gasteiger partial charge < -0.3 is 25.4 Å². The normalized spacial score (nSPS) is 21.7. The van der Waals surface area contributed by atoms with Crippen LogP contribution in [0.2, 0.25) is 0 Å². The predicted molar refractivity (Wildman–Crippen MR) is 151 cm³/mol. The number of amides is 3. The third kappa shape index (κ3) is 5.86. The Morgan fingerprint density at radius 2 is 1.70 bits per heavy atom. The molecule has 5 rings (SSSR count). The minimum atomic E-state index is -0.840. The van der Waals surface area contributed by atoms with Crippen LogP contribution in [0.1, 0.15) is 61.4 Å². The van der Waals surface area contributed by atoms with Gasteiger partial charge >= 0.3 is 0 Å². The van der Waals surface area contributed by atoms with Crippen molar-refractivity contribution < 1.29 is 24.2 Å². The number of hydrogen-bond donors (Lipinski definition) is 3. The summed E-state index contributed by atoms with van der Waals surface area (Å²) in [6.45, 7) is 4.78. The molecule has 1 spiro atoms. The average molecular weight is 549 g/mol. The van der Waals surface area contributed by atoms with Crippen molar-refractivity contribution in [2.75, 3.05) is 26.7 Å². The molecule has 3 fully saturated rings. The van der Waals surface area contributed by atoms with E-state index in [0.717, 1.165) is 37.8 Å². The summed E-state index contributed by atoms with van der Waals surface area (Å²) in [6.07, 6.45) is 3.95. The maximum Gasteiger partial charge on any atom is 0.251 e. The quantitative estimate of drug-likeness (QED) is 0.421. The van der Waals surface area contributed by atoms with Crippen LogP contribution >= 0.6 is 0 Å². The molecule has 3 N–H and O–H groups in total. The summed E-state index contributed by atoms with van der Waals surface area (Å²) in [6, 6.07) is 14.1. The van der Waals surface area contributed by atoms with Crippen molar-refractivity contribution in [2.24, 2.45) is 5.92 Å². The molecule has 2 heterocycles. The van der Waals surface area contributed by atoms with E-state index in [9.17, 15) is 19.5 Å². The largest absolute Gasteiger partial charge is 0.457 e. The molecule has 0 radical (unpaired) electrons. The number of hydrogen-bond acceptors (Lipinski definition) is 6. The summed E-state index contributed by atoms with van der Waals surface area (Å²) in [5.41, 5.74) is 0.874. The van der Waals surface area contributed by atoms with Gasteiger partial charge in [-0.1, -0.05) is 25.5 Å². The minimum absolute atomic E-state index is 0.114. The van der Waals surface area contributed by atoms with Crippen LogP contribution in [-0.4, -0.2) is 77.0 Å². The molecule has 214 valence electrons. The molecule has 9 heteroatoms. The zero-order valence-electron chi connectivity index (χ0n) is 23.4. The molecule has 0 aromatic heterocycles. The molecule has 2 aromatic rings. The Balaban J connectivity index is 1.19. The molecule has 2 atom stereocenters. The van der Waals surface area contributed by atoms with Crippen LogP contribution in [0.15, 0.2) is 48.5 Å². The highest BCUT2D eigenvalue weighted by Crippen LogP contribution is 2.39. The fourth-order valence-corrected chi connectivity index (χ4v) is 5.87. The predicted octanol–water partition coefficient (Wildman–Crippen LogP) is 3.07. The monoisotopic (exact) mass is 548 g/mol. The van der Waals surface area contributed by atoms with E-state index in [-0.39, 0.29) is 23.6 Å². The fraction of sp³-hybridized carbons (Fsp3) is 0.516. The minimum Gasteiger partial charge on any atom is -0.457 e. The summed E-state index contributed by atoms with van der Waals surface area (Å²) in [4.78, 5) is 42.9. The van der Waals surface area contributed by atoms with E-state index in [0.29, 0.717) is 49.5 Å². The van der Waals surface area contributed by atoms with E-state index < -0.39 is 17.7 Å². The van der Waals surface area contributed by atoms with Crippen molar-refractivity contribution in [1.29, 1.82) is 0 Å². The number of rotatable bonds is 10. The molecule has 1 aliphatic carbocycles. The molecule has 9 nitrogen and oxygen atoms in total. The molecule has 2 aromatic carbocycles. The summed E-state index contributed by atoms with van der Waals surface area (Å²) >= 11 is 0. The Hall–Kier alpha value is -3.43. The van der Waals surface area contributed by atoms with Crippen LogP contribution in [0, 0.1) is 5.92 Å². The number of aliphatic hydroxyl groups is 1. The second-order valence-corrected chi connectivity index (χ2v) is 11.3. The Morgan fingerprint density at radius 1 is 1.07 bits per heavy atom. The number of nitrogens with one attached hydrogen (secondary N) is 2. The Labute approximate surface area is 235 Å². The number of aliphatic hydroxyl groups excluding tert-OH is 1. The molecule has 1 saturated carbocycles. The van der Waals surface area contributed by atoms with Gasteiger partial charge in [0.15, 0.2) is 0 Å². The maximum absolute atomic E-state index is 13.5. The molecule has 3 aliphatic rings. The first-order chi connectivity index (χ1) is 19.3. The standard InChI is InChI=1S/C31H40N4O5/c1-3-4-17-35-29(38)26(27(36)22-7-8-22)33-30(39)31(35)15-18-34(19-16-31)20-21-5-11-24(12-6-21)40-25-13-9-23(10-14-25)28(37)32-2/h5-6,9-14,22,26-27,36H,3-4,7-8,15-20H2,1-2H3,(H,32,37)(H,33,39)/t26-,27-/m1/s1. The van der Waals surface area contributed by atoms with Gasteiger partial charge in [-0.05, 0) is 80.0 Å². The summed E-state index contributed by atoms with van der Waals surface area (Å²) < 4.78 is 5.93. The van der Waals surface area contributed by atoms with E-state index in [1.54, 1.807) is 36.2 Å².